The van der Waals surface area contributed by atoms with Crippen LogP contribution in [-0.2, 0) is 16.0 Å². The number of benzene rings is 1. The van der Waals surface area contributed by atoms with Crippen molar-refractivity contribution in [2.75, 3.05) is 6.61 Å². The summed E-state index contributed by atoms with van der Waals surface area (Å²) in [5.41, 5.74) is 2.26. The van der Waals surface area contributed by atoms with Crippen LogP contribution in [0.3, 0.4) is 0 Å². The summed E-state index contributed by atoms with van der Waals surface area (Å²) in [7, 11) is 0. The van der Waals surface area contributed by atoms with Crippen molar-refractivity contribution in [3.05, 3.63) is 29.3 Å². The molecule has 0 spiro atoms. The van der Waals surface area contributed by atoms with E-state index in [9.17, 15) is 9.59 Å². The fourth-order valence-corrected chi connectivity index (χ4v) is 3.04. The highest BCUT2D eigenvalue weighted by Gasteiger charge is 2.27. The third-order valence-corrected chi connectivity index (χ3v) is 4.15. The molecule has 2 rings (SSSR count). The van der Waals surface area contributed by atoms with Crippen LogP contribution in [0.4, 0.5) is 0 Å². The van der Waals surface area contributed by atoms with E-state index in [-0.39, 0.29) is 24.3 Å². The largest absolute Gasteiger partial charge is 0.491 e. The lowest BCUT2D eigenvalue weighted by Crippen LogP contribution is -2.45. The summed E-state index contributed by atoms with van der Waals surface area (Å²) in [6.07, 6.45) is 1.16. The third kappa shape index (κ3) is 4.71. The number of hydrogen-bond donors (Lipinski definition) is 2. The topological polar surface area (TPSA) is 75.6 Å². The van der Waals surface area contributed by atoms with Crippen molar-refractivity contribution in [2.45, 2.75) is 46.1 Å². The Morgan fingerprint density at radius 3 is 2.78 bits per heavy atom. The Labute approximate surface area is 137 Å². The normalized spacial score (nSPS) is 18.0. The van der Waals surface area contributed by atoms with Crippen LogP contribution >= 0.6 is 0 Å². The summed E-state index contributed by atoms with van der Waals surface area (Å²) < 4.78 is 5.73. The Bertz CT molecular complexity index is 582. The first-order chi connectivity index (χ1) is 10.9. The van der Waals surface area contributed by atoms with Crippen molar-refractivity contribution in [3.8, 4) is 5.75 Å². The van der Waals surface area contributed by atoms with E-state index in [1.54, 1.807) is 0 Å². The maximum atomic E-state index is 12.4. The number of amides is 1. The quantitative estimate of drug-likeness (QED) is 0.845. The van der Waals surface area contributed by atoms with Crippen molar-refractivity contribution in [3.63, 3.8) is 0 Å². The van der Waals surface area contributed by atoms with E-state index in [4.69, 9.17) is 9.84 Å². The molecule has 2 atom stereocenters. The Balaban J connectivity index is 2.02. The smallest absolute Gasteiger partial charge is 0.304 e. The predicted molar refractivity (Wildman–Crippen MR) is 87.5 cm³/mol. The molecule has 1 heterocycles. The summed E-state index contributed by atoms with van der Waals surface area (Å²) in [6.45, 7) is 6.43. The molecule has 0 fully saturated rings. The third-order valence-electron chi connectivity index (χ3n) is 4.15. The lowest BCUT2D eigenvalue weighted by atomic mass is 9.92. The van der Waals surface area contributed by atoms with Gasteiger partial charge in [-0.2, -0.15) is 0 Å². The van der Waals surface area contributed by atoms with Crippen molar-refractivity contribution in [2.24, 2.45) is 11.8 Å². The van der Waals surface area contributed by atoms with E-state index in [1.807, 2.05) is 39.0 Å². The molecule has 23 heavy (non-hydrogen) atoms. The highest BCUT2D eigenvalue weighted by Crippen LogP contribution is 2.27. The number of hydrogen-bond acceptors (Lipinski definition) is 3. The van der Waals surface area contributed by atoms with E-state index in [0.717, 1.165) is 23.3 Å². The van der Waals surface area contributed by atoms with E-state index < -0.39 is 11.9 Å². The minimum Gasteiger partial charge on any atom is -0.491 e. The zero-order valence-corrected chi connectivity index (χ0v) is 14.0. The Morgan fingerprint density at radius 2 is 2.13 bits per heavy atom. The van der Waals surface area contributed by atoms with E-state index in [1.165, 1.54) is 0 Å². The van der Waals surface area contributed by atoms with Gasteiger partial charge < -0.3 is 15.2 Å². The van der Waals surface area contributed by atoms with Gasteiger partial charge in [-0.15, -0.1) is 0 Å². The second kappa shape index (κ2) is 7.49. The van der Waals surface area contributed by atoms with Gasteiger partial charge in [0.2, 0.25) is 5.91 Å². The highest BCUT2D eigenvalue weighted by atomic mass is 16.5. The molecule has 1 amide bonds. The SMILES string of the molecule is Cc1cccc2c1CC(NC(=O)C(CC(=O)O)CC(C)C)CO2. The molecule has 0 saturated carbocycles. The average molecular weight is 319 g/mol. The Hall–Kier alpha value is -2.04. The fourth-order valence-electron chi connectivity index (χ4n) is 3.04. The number of fused-ring (bicyclic) bond motifs is 1. The summed E-state index contributed by atoms with van der Waals surface area (Å²) >= 11 is 0. The molecule has 2 unspecified atom stereocenters. The van der Waals surface area contributed by atoms with Crippen molar-refractivity contribution >= 4 is 11.9 Å². The van der Waals surface area contributed by atoms with Gasteiger partial charge in [-0.05, 0) is 42.9 Å². The van der Waals surface area contributed by atoms with Gasteiger partial charge in [0, 0.05) is 5.92 Å². The van der Waals surface area contributed by atoms with Gasteiger partial charge >= 0.3 is 5.97 Å². The number of aryl methyl sites for hydroxylation is 1. The van der Waals surface area contributed by atoms with Crippen LogP contribution in [0.1, 0.15) is 37.8 Å². The first-order valence-electron chi connectivity index (χ1n) is 8.10. The van der Waals surface area contributed by atoms with Gasteiger partial charge in [0.05, 0.1) is 12.5 Å². The molecule has 5 nitrogen and oxygen atoms in total. The molecule has 0 bridgehead atoms. The predicted octanol–water partition coefficient (Wildman–Crippen LogP) is 2.55. The number of carbonyl (C=O) groups excluding carboxylic acids is 1. The molecule has 126 valence electrons. The van der Waals surface area contributed by atoms with Gasteiger partial charge in [-0.25, -0.2) is 0 Å². The maximum Gasteiger partial charge on any atom is 0.304 e. The highest BCUT2D eigenvalue weighted by molar-refractivity contribution is 5.83. The number of carboxylic acids is 1. The van der Waals surface area contributed by atoms with Gasteiger partial charge in [0.1, 0.15) is 12.4 Å². The van der Waals surface area contributed by atoms with Gasteiger partial charge in [0.15, 0.2) is 0 Å². The van der Waals surface area contributed by atoms with Crippen LogP contribution < -0.4 is 10.1 Å². The summed E-state index contributed by atoms with van der Waals surface area (Å²) in [4.78, 5) is 23.4. The Morgan fingerprint density at radius 1 is 1.39 bits per heavy atom. The number of ether oxygens (including phenoxy) is 1. The minimum absolute atomic E-state index is 0.112. The number of rotatable bonds is 6. The lowest BCUT2D eigenvalue weighted by molar-refractivity contribution is -0.141. The Kier molecular flexibility index (Phi) is 5.64. The monoisotopic (exact) mass is 319 g/mol. The van der Waals surface area contributed by atoms with Crippen LogP contribution in [0, 0.1) is 18.8 Å². The van der Waals surface area contributed by atoms with Gasteiger partial charge in [0.25, 0.3) is 0 Å². The first kappa shape index (κ1) is 17.3. The fraction of sp³-hybridized carbons (Fsp3) is 0.556. The summed E-state index contributed by atoms with van der Waals surface area (Å²) in [5, 5.41) is 12.0. The van der Waals surface area contributed by atoms with E-state index in [2.05, 4.69) is 5.32 Å². The molecular weight excluding hydrogens is 294 g/mol. The molecule has 1 aromatic carbocycles. The second-order valence-electron chi connectivity index (χ2n) is 6.70. The van der Waals surface area contributed by atoms with Crippen LogP contribution in [-0.4, -0.2) is 29.6 Å². The van der Waals surface area contributed by atoms with Crippen LogP contribution in [0.5, 0.6) is 5.75 Å². The van der Waals surface area contributed by atoms with E-state index in [0.29, 0.717) is 13.0 Å². The van der Waals surface area contributed by atoms with Crippen molar-refractivity contribution in [1.82, 2.24) is 5.32 Å². The van der Waals surface area contributed by atoms with Crippen LogP contribution in [0.2, 0.25) is 0 Å². The maximum absolute atomic E-state index is 12.4. The molecule has 0 aliphatic carbocycles. The van der Waals surface area contributed by atoms with Crippen molar-refractivity contribution < 1.29 is 19.4 Å². The van der Waals surface area contributed by atoms with Crippen LogP contribution in [0.25, 0.3) is 0 Å². The summed E-state index contributed by atoms with van der Waals surface area (Å²) in [6, 6.07) is 5.81. The number of carboxylic acid groups (broad SMARTS) is 1. The average Bonchev–Trinajstić information content (AvgIpc) is 2.46. The molecule has 5 heteroatoms. The minimum atomic E-state index is -0.938. The zero-order valence-electron chi connectivity index (χ0n) is 14.0. The molecule has 1 aliphatic rings. The first-order valence-corrected chi connectivity index (χ1v) is 8.10. The zero-order chi connectivity index (χ0) is 17.0. The standard InChI is InChI=1S/C18H25NO4/c1-11(2)7-13(8-17(20)21)18(22)19-14-9-15-12(3)5-4-6-16(15)23-10-14/h4-6,11,13-14H,7-10H2,1-3H3,(H,19,22)(H,20,21). The molecule has 1 aliphatic heterocycles. The molecule has 0 saturated heterocycles. The summed E-state index contributed by atoms with van der Waals surface area (Å²) in [5.74, 6) is -0.472. The van der Waals surface area contributed by atoms with E-state index >= 15 is 0 Å². The number of aliphatic carboxylic acids is 1. The molecule has 0 aromatic heterocycles. The second-order valence-corrected chi connectivity index (χ2v) is 6.70. The number of carbonyl (C=O) groups is 2. The van der Waals surface area contributed by atoms with Gasteiger partial charge in [-0.3, -0.25) is 9.59 Å². The molecule has 0 radical (unpaired) electrons. The number of nitrogens with one attached hydrogen (secondary N) is 1. The molecular formula is C18H25NO4. The lowest BCUT2D eigenvalue weighted by Gasteiger charge is -2.28. The van der Waals surface area contributed by atoms with Gasteiger partial charge in [-0.1, -0.05) is 26.0 Å². The molecule has 2 N–H and O–H groups in total. The molecule has 1 aromatic rings. The van der Waals surface area contributed by atoms with Crippen molar-refractivity contribution in [1.29, 1.82) is 0 Å². The van der Waals surface area contributed by atoms with Crippen LogP contribution in [0.15, 0.2) is 18.2 Å².